The lowest BCUT2D eigenvalue weighted by Gasteiger charge is -2.35. The van der Waals surface area contributed by atoms with Crippen molar-refractivity contribution in [2.45, 2.75) is 44.9 Å². The first kappa shape index (κ1) is 18.5. The summed E-state index contributed by atoms with van der Waals surface area (Å²) in [5.41, 5.74) is 0.375. The molecule has 22 heavy (non-hydrogen) atoms. The van der Waals surface area contributed by atoms with Gasteiger partial charge in [-0.25, -0.2) is 0 Å². The average Bonchev–Trinajstić information content (AvgIpc) is 2.50. The summed E-state index contributed by atoms with van der Waals surface area (Å²) in [7, 11) is 1.74. The van der Waals surface area contributed by atoms with Crippen molar-refractivity contribution in [2.75, 3.05) is 13.6 Å². The minimum atomic E-state index is -0.837. The van der Waals surface area contributed by atoms with Crippen LogP contribution in [0.25, 0.3) is 0 Å². The number of halogens is 1. The maximum absolute atomic E-state index is 12.9. The van der Waals surface area contributed by atoms with E-state index >= 15 is 0 Å². The first-order chi connectivity index (χ1) is 10.4. The standard InChI is InChI=1S/C17H24ClNO3/c1-4-17(5-2,13-8-10-14(18)11-9-13)16(22)19(3)12-6-7-15(20)21/h8-11H,4-7,12H2,1-3H3,(H,20,21). The Hall–Kier alpha value is -1.55. The van der Waals surface area contributed by atoms with Crippen LogP contribution < -0.4 is 0 Å². The molecule has 0 aliphatic rings. The molecule has 1 aromatic carbocycles. The van der Waals surface area contributed by atoms with Crippen molar-refractivity contribution in [2.24, 2.45) is 0 Å². The third kappa shape index (κ3) is 4.23. The van der Waals surface area contributed by atoms with Gasteiger partial charge in [0.15, 0.2) is 0 Å². The Labute approximate surface area is 137 Å². The van der Waals surface area contributed by atoms with Crippen molar-refractivity contribution in [3.8, 4) is 0 Å². The van der Waals surface area contributed by atoms with Crippen LogP contribution >= 0.6 is 11.6 Å². The van der Waals surface area contributed by atoms with Crippen molar-refractivity contribution >= 4 is 23.5 Å². The predicted octanol–water partition coefficient (Wildman–Crippen LogP) is 3.72. The normalized spacial score (nSPS) is 11.3. The highest BCUT2D eigenvalue weighted by molar-refractivity contribution is 6.30. The van der Waals surface area contributed by atoms with Crippen molar-refractivity contribution in [3.63, 3.8) is 0 Å². The fourth-order valence-corrected chi connectivity index (χ4v) is 2.91. The highest BCUT2D eigenvalue weighted by Gasteiger charge is 2.38. The Balaban J connectivity index is 2.95. The Kier molecular flexibility index (Phi) is 6.88. The molecule has 0 aromatic heterocycles. The molecule has 0 radical (unpaired) electrons. The average molecular weight is 326 g/mol. The van der Waals surface area contributed by atoms with Gasteiger partial charge in [-0.05, 0) is 37.0 Å². The molecule has 0 unspecified atom stereocenters. The van der Waals surface area contributed by atoms with E-state index in [4.69, 9.17) is 16.7 Å². The minimum Gasteiger partial charge on any atom is -0.481 e. The molecule has 0 saturated heterocycles. The number of benzene rings is 1. The van der Waals surface area contributed by atoms with E-state index in [1.807, 2.05) is 26.0 Å². The molecule has 0 saturated carbocycles. The highest BCUT2D eigenvalue weighted by atomic mass is 35.5. The number of aliphatic carboxylic acids is 1. The van der Waals surface area contributed by atoms with Crippen molar-refractivity contribution in [1.29, 1.82) is 0 Å². The molecule has 4 nitrogen and oxygen atoms in total. The van der Waals surface area contributed by atoms with Crippen molar-refractivity contribution < 1.29 is 14.7 Å². The largest absolute Gasteiger partial charge is 0.481 e. The van der Waals surface area contributed by atoms with Gasteiger partial charge in [0.05, 0.1) is 5.41 Å². The maximum atomic E-state index is 12.9. The number of amides is 1. The summed E-state index contributed by atoms with van der Waals surface area (Å²) in [6.45, 7) is 4.45. The summed E-state index contributed by atoms with van der Waals surface area (Å²) >= 11 is 5.94. The van der Waals surface area contributed by atoms with Gasteiger partial charge >= 0.3 is 5.97 Å². The van der Waals surface area contributed by atoms with Crippen LogP contribution in [0.1, 0.15) is 45.1 Å². The molecule has 1 aromatic rings. The first-order valence-corrected chi connectivity index (χ1v) is 7.98. The third-order valence-corrected chi connectivity index (χ3v) is 4.50. The number of nitrogens with zero attached hydrogens (tertiary/aromatic N) is 1. The first-order valence-electron chi connectivity index (χ1n) is 7.60. The number of likely N-dealkylation sites (N-methyl/N-ethyl adjacent to an activating group) is 1. The molecule has 0 bridgehead atoms. The number of carbonyl (C=O) groups is 2. The van der Waals surface area contributed by atoms with Gasteiger partial charge in [-0.15, -0.1) is 0 Å². The summed E-state index contributed by atoms with van der Waals surface area (Å²) in [6, 6.07) is 7.40. The number of hydrogen-bond acceptors (Lipinski definition) is 2. The zero-order chi connectivity index (χ0) is 16.8. The van der Waals surface area contributed by atoms with E-state index in [1.54, 1.807) is 24.1 Å². The van der Waals surface area contributed by atoms with E-state index in [-0.39, 0.29) is 12.3 Å². The number of carboxylic acids is 1. The van der Waals surface area contributed by atoms with Gasteiger partial charge in [-0.2, -0.15) is 0 Å². The molecule has 122 valence electrons. The van der Waals surface area contributed by atoms with Crippen LogP contribution in [0, 0.1) is 0 Å². The summed E-state index contributed by atoms with van der Waals surface area (Å²) < 4.78 is 0. The smallest absolute Gasteiger partial charge is 0.303 e. The summed E-state index contributed by atoms with van der Waals surface area (Å²) in [5, 5.41) is 9.35. The zero-order valence-electron chi connectivity index (χ0n) is 13.4. The zero-order valence-corrected chi connectivity index (χ0v) is 14.2. The Morgan fingerprint density at radius 2 is 1.73 bits per heavy atom. The molecule has 1 rings (SSSR count). The maximum Gasteiger partial charge on any atom is 0.303 e. The molecule has 1 N–H and O–H groups in total. The molecule has 0 spiro atoms. The van der Waals surface area contributed by atoms with Crippen LogP contribution in [-0.2, 0) is 15.0 Å². The minimum absolute atomic E-state index is 0.0326. The molecule has 5 heteroatoms. The summed E-state index contributed by atoms with van der Waals surface area (Å²) in [5.74, 6) is -0.805. The SMILES string of the molecule is CCC(CC)(C(=O)N(C)CCCC(=O)O)c1ccc(Cl)cc1. The predicted molar refractivity (Wildman–Crippen MR) is 88.2 cm³/mol. The van der Waals surface area contributed by atoms with Gasteiger partial charge < -0.3 is 10.0 Å². The fraction of sp³-hybridized carbons (Fsp3) is 0.529. The Bertz CT molecular complexity index is 509. The van der Waals surface area contributed by atoms with Crippen molar-refractivity contribution in [3.05, 3.63) is 34.9 Å². The number of carbonyl (C=O) groups excluding carboxylic acids is 1. The van der Waals surface area contributed by atoms with Crippen LogP contribution in [0.15, 0.2) is 24.3 Å². The molecular weight excluding hydrogens is 302 g/mol. The lowest BCUT2D eigenvalue weighted by atomic mass is 9.74. The number of hydrogen-bond donors (Lipinski definition) is 1. The van der Waals surface area contributed by atoms with Gasteiger partial charge in [-0.3, -0.25) is 9.59 Å². The quantitative estimate of drug-likeness (QED) is 0.792. The van der Waals surface area contributed by atoms with E-state index < -0.39 is 11.4 Å². The Morgan fingerprint density at radius 3 is 2.18 bits per heavy atom. The molecule has 0 fully saturated rings. The van der Waals surface area contributed by atoms with E-state index in [2.05, 4.69) is 0 Å². The fourth-order valence-electron chi connectivity index (χ4n) is 2.79. The van der Waals surface area contributed by atoms with Crippen LogP contribution in [0.4, 0.5) is 0 Å². The molecule has 0 aliphatic heterocycles. The van der Waals surface area contributed by atoms with Gasteiger partial charge in [0, 0.05) is 25.0 Å². The molecule has 1 amide bonds. The van der Waals surface area contributed by atoms with E-state index in [9.17, 15) is 9.59 Å². The molecule has 0 atom stereocenters. The van der Waals surface area contributed by atoms with E-state index in [0.29, 0.717) is 30.8 Å². The number of carboxylic acid groups (broad SMARTS) is 1. The molecule has 0 heterocycles. The van der Waals surface area contributed by atoms with Gasteiger partial charge in [-0.1, -0.05) is 37.6 Å². The molecular formula is C17H24ClNO3. The Morgan fingerprint density at radius 1 is 1.18 bits per heavy atom. The van der Waals surface area contributed by atoms with Gasteiger partial charge in [0.1, 0.15) is 0 Å². The van der Waals surface area contributed by atoms with E-state index in [0.717, 1.165) is 5.56 Å². The van der Waals surface area contributed by atoms with Crippen LogP contribution in [0.3, 0.4) is 0 Å². The van der Waals surface area contributed by atoms with Gasteiger partial charge in [0.2, 0.25) is 5.91 Å². The highest BCUT2D eigenvalue weighted by Crippen LogP contribution is 2.34. The monoisotopic (exact) mass is 325 g/mol. The second-order valence-corrected chi connectivity index (χ2v) is 5.96. The lowest BCUT2D eigenvalue weighted by Crippen LogP contribution is -2.45. The van der Waals surface area contributed by atoms with Crippen molar-refractivity contribution in [1.82, 2.24) is 4.90 Å². The number of rotatable bonds is 8. The second kappa shape index (κ2) is 8.18. The van der Waals surface area contributed by atoms with Crippen LogP contribution in [0.2, 0.25) is 5.02 Å². The summed E-state index contributed by atoms with van der Waals surface area (Å²) in [6.07, 6.45) is 1.91. The van der Waals surface area contributed by atoms with Crippen LogP contribution in [-0.4, -0.2) is 35.5 Å². The summed E-state index contributed by atoms with van der Waals surface area (Å²) in [4.78, 5) is 25.2. The van der Waals surface area contributed by atoms with Crippen LogP contribution in [0.5, 0.6) is 0 Å². The van der Waals surface area contributed by atoms with Gasteiger partial charge in [0.25, 0.3) is 0 Å². The second-order valence-electron chi connectivity index (χ2n) is 5.52. The molecule has 0 aliphatic carbocycles. The lowest BCUT2D eigenvalue weighted by molar-refractivity contribution is -0.139. The topological polar surface area (TPSA) is 57.6 Å². The van der Waals surface area contributed by atoms with E-state index in [1.165, 1.54) is 0 Å². The third-order valence-electron chi connectivity index (χ3n) is 4.24.